The molecule has 5 nitrogen and oxygen atoms in total. The van der Waals surface area contributed by atoms with Gasteiger partial charge in [-0.2, -0.15) is 5.26 Å². The van der Waals surface area contributed by atoms with E-state index in [2.05, 4.69) is 11.2 Å². The van der Waals surface area contributed by atoms with Crippen LogP contribution in [0.3, 0.4) is 0 Å². The number of carbonyl (C=O) groups excluding carboxylic acids is 1. The fourth-order valence-electron chi connectivity index (χ4n) is 1.94. The van der Waals surface area contributed by atoms with Crippen LogP contribution in [-0.4, -0.2) is 29.1 Å². The van der Waals surface area contributed by atoms with E-state index in [4.69, 9.17) is 9.78 Å². The summed E-state index contributed by atoms with van der Waals surface area (Å²) in [6.07, 6.45) is 0.368. The molecule has 1 unspecified atom stereocenters. The predicted octanol–water partition coefficient (Wildman–Crippen LogP) is 1.84. The first-order valence-corrected chi connectivity index (χ1v) is 6.15. The topological polar surface area (TPSA) is 70.1 Å². The van der Waals surface area contributed by atoms with E-state index in [9.17, 15) is 4.79 Å². The fraction of sp³-hybridized carbons (Fsp3) is 0.615. The predicted molar refractivity (Wildman–Crippen MR) is 66.7 cm³/mol. The monoisotopic (exact) mass is 249 g/mol. The lowest BCUT2D eigenvalue weighted by Gasteiger charge is -2.21. The van der Waals surface area contributed by atoms with Crippen LogP contribution in [0.15, 0.2) is 4.52 Å². The number of aromatic nitrogens is 1. The van der Waals surface area contributed by atoms with Gasteiger partial charge in [-0.1, -0.05) is 5.16 Å². The standard InChI is InChI=1S/C13H19N3O2/c1-5-16(6-2)13(17)11(8-14)7-12-9(3)15-18-10(12)4/h11H,5-7H2,1-4H3. The van der Waals surface area contributed by atoms with Crippen molar-refractivity contribution >= 4 is 5.91 Å². The smallest absolute Gasteiger partial charge is 0.240 e. The largest absolute Gasteiger partial charge is 0.361 e. The van der Waals surface area contributed by atoms with Crippen molar-refractivity contribution < 1.29 is 9.32 Å². The van der Waals surface area contributed by atoms with E-state index in [1.807, 2.05) is 20.8 Å². The second kappa shape index (κ2) is 6.20. The minimum absolute atomic E-state index is 0.123. The second-order valence-electron chi connectivity index (χ2n) is 4.20. The van der Waals surface area contributed by atoms with Gasteiger partial charge in [-0.15, -0.1) is 0 Å². The molecule has 1 heterocycles. The van der Waals surface area contributed by atoms with Gasteiger partial charge >= 0.3 is 0 Å². The summed E-state index contributed by atoms with van der Waals surface area (Å²) in [5.41, 5.74) is 1.61. The lowest BCUT2D eigenvalue weighted by atomic mass is 9.98. The van der Waals surface area contributed by atoms with Gasteiger partial charge in [-0.25, -0.2) is 0 Å². The van der Waals surface area contributed by atoms with Crippen molar-refractivity contribution in [3.05, 3.63) is 17.0 Å². The highest BCUT2D eigenvalue weighted by molar-refractivity contribution is 5.81. The van der Waals surface area contributed by atoms with Crippen LogP contribution >= 0.6 is 0 Å². The summed E-state index contributed by atoms with van der Waals surface area (Å²) in [6.45, 7) is 8.68. The summed E-state index contributed by atoms with van der Waals surface area (Å²) < 4.78 is 5.05. The van der Waals surface area contributed by atoms with Gasteiger partial charge in [0.15, 0.2) is 0 Å². The van der Waals surface area contributed by atoms with Crippen LogP contribution in [0.5, 0.6) is 0 Å². The summed E-state index contributed by atoms with van der Waals surface area (Å²) in [4.78, 5) is 13.8. The summed E-state index contributed by atoms with van der Waals surface area (Å²) in [5, 5.41) is 13.0. The Hall–Kier alpha value is -1.83. The minimum atomic E-state index is -0.665. The van der Waals surface area contributed by atoms with Gasteiger partial charge in [0.25, 0.3) is 0 Å². The van der Waals surface area contributed by atoms with Crippen LogP contribution in [0.1, 0.15) is 30.9 Å². The van der Waals surface area contributed by atoms with Crippen LogP contribution in [0, 0.1) is 31.1 Å². The third kappa shape index (κ3) is 2.89. The Balaban J connectivity index is 2.87. The van der Waals surface area contributed by atoms with Crippen molar-refractivity contribution in [3.63, 3.8) is 0 Å². The minimum Gasteiger partial charge on any atom is -0.361 e. The van der Waals surface area contributed by atoms with Gasteiger partial charge in [-0.3, -0.25) is 4.79 Å². The lowest BCUT2D eigenvalue weighted by molar-refractivity contribution is -0.133. The van der Waals surface area contributed by atoms with E-state index in [0.29, 0.717) is 25.3 Å². The molecule has 1 amide bonds. The molecule has 0 aliphatic heterocycles. The molecular weight excluding hydrogens is 230 g/mol. The lowest BCUT2D eigenvalue weighted by Crippen LogP contribution is -2.36. The number of aryl methyl sites for hydroxylation is 2. The van der Waals surface area contributed by atoms with Crippen LogP contribution in [0.2, 0.25) is 0 Å². The quantitative estimate of drug-likeness (QED) is 0.798. The van der Waals surface area contributed by atoms with Gasteiger partial charge in [0.1, 0.15) is 11.7 Å². The van der Waals surface area contributed by atoms with Gasteiger partial charge in [0.05, 0.1) is 11.8 Å². The third-order valence-corrected chi connectivity index (χ3v) is 3.12. The van der Waals surface area contributed by atoms with Crippen LogP contribution in [0.25, 0.3) is 0 Å². The highest BCUT2D eigenvalue weighted by Gasteiger charge is 2.25. The van der Waals surface area contributed by atoms with E-state index in [-0.39, 0.29) is 5.91 Å². The number of carbonyl (C=O) groups is 1. The van der Waals surface area contributed by atoms with Crippen LogP contribution < -0.4 is 0 Å². The molecule has 0 aliphatic carbocycles. The number of nitrogens with zero attached hydrogens (tertiary/aromatic N) is 3. The van der Waals surface area contributed by atoms with Gasteiger partial charge in [0, 0.05) is 25.1 Å². The molecular formula is C13H19N3O2. The van der Waals surface area contributed by atoms with Crippen LogP contribution in [0.4, 0.5) is 0 Å². The van der Waals surface area contributed by atoms with Crippen molar-refractivity contribution in [2.75, 3.05) is 13.1 Å². The summed E-state index contributed by atoms with van der Waals surface area (Å²) in [6, 6.07) is 2.08. The molecule has 0 radical (unpaired) electrons. The maximum absolute atomic E-state index is 12.1. The van der Waals surface area contributed by atoms with Crippen molar-refractivity contribution in [1.82, 2.24) is 10.1 Å². The average molecular weight is 249 g/mol. The zero-order valence-electron chi connectivity index (χ0n) is 11.4. The van der Waals surface area contributed by atoms with Gasteiger partial charge < -0.3 is 9.42 Å². The van der Waals surface area contributed by atoms with Crippen molar-refractivity contribution in [2.45, 2.75) is 34.1 Å². The van der Waals surface area contributed by atoms with E-state index in [1.54, 1.807) is 11.8 Å². The Bertz CT molecular complexity index is 436. The molecule has 5 heteroatoms. The molecule has 1 aromatic heterocycles. The normalized spacial score (nSPS) is 11.9. The Morgan fingerprint density at radius 3 is 2.44 bits per heavy atom. The summed E-state index contributed by atoms with van der Waals surface area (Å²) in [7, 11) is 0. The highest BCUT2D eigenvalue weighted by atomic mass is 16.5. The molecule has 0 bridgehead atoms. The molecule has 0 saturated carbocycles. The number of nitriles is 1. The molecule has 1 rings (SSSR count). The number of hydrogen-bond acceptors (Lipinski definition) is 4. The second-order valence-corrected chi connectivity index (χ2v) is 4.20. The van der Waals surface area contributed by atoms with Crippen molar-refractivity contribution in [2.24, 2.45) is 5.92 Å². The zero-order chi connectivity index (χ0) is 13.7. The third-order valence-electron chi connectivity index (χ3n) is 3.12. The fourth-order valence-corrected chi connectivity index (χ4v) is 1.94. The summed E-state index contributed by atoms with van der Waals surface area (Å²) in [5.74, 6) is -0.107. The maximum Gasteiger partial charge on any atom is 0.240 e. The SMILES string of the molecule is CCN(CC)C(=O)C(C#N)Cc1c(C)noc1C. The van der Waals surface area contributed by atoms with Crippen molar-refractivity contribution in [3.8, 4) is 6.07 Å². The van der Waals surface area contributed by atoms with E-state index in [1.165, 1.54) is 0 Å². The Morgan fingerprint density at radius 2 is 2.06 bits per heavy atom. The van der Waals surface area contributed by atoms with Crippen LogP contribution in [-0.2, 0) is 11.2 Å². The first-order valence-electron chi connectivity index (χ1n) is 6.15. The first kappa shape index (κ1) is 14.2. The Labute approximate surface area is 107 Å². The molecule has 0 saturated heterocycles. The molecule has 18 heavy (non-hydrogen) atoms. The van der Waals surface area contributed by atoms with E-state index >= 15 is 0 Å². The molecule has 1 aromatic rings. The van der Waals surface area contributed by atoms with E-state index in [0.717, 1.165) is 11.3 Å². The van der Waals surface area contributed by atoms with Gasteiger partial charge in [0.2, 0.25) is 5.91 Å². The maximum atomic E-state index is 12.1. The molecule has 0 spiro atoms. The number of amides is 1. The summed E-state index contributed by atoms with van der Waals surface area (Å²) >= 11 is 0. The van der Waals surface area contributed by atoms with Gasteiger partial charge in [-0.05, 0) is 27.7 Å². The van der Waals surface area contributed by atoms with Crippen molar-refractivity contribution in [1.29, 1.82) is 5.26 Å². The Kier molecular flexibility index (Phi) is 4.90. The highest BCUT2D eigenvalue weighted by Crippen LogP contribution is 2.18. The number of rotatable bonds is 5. The average Bonchev–Trinajstić information content (AvgIpc) is 2.68. The molecule has 98 valence electrons. The molecule has 0 N–H and O–H groups in total. The number of hydrogen-bond donors (Lipinski definition) is 0. The molecule has 0 fully saturated rings. The first-order chi connectivity index (χ1) is 8.54. The molecule has 0 aromatic carbocycles. The molecule has 0 aliphatic rings. The molecule has 1 atom stereocenters. The Morgan fingerprint density at radius 1 is 1.44 bits per heavy atom. The van der Waals surface area contributed by atoms with E-state index < -0.39 is 5.92 Å². The zero-order valence-corrected chi connectivity index (χ0v) is 11.4.